The van der Waals surface area contributed by atoms with Crippen molar-refractivity contribution in [3.63, 3.8) is 0 Å². The zero-order chi connectivity index (χ0) is 18.1. The Balaban J connectivity index is 0.000000240. The summed E-state index contributed by atoms with van der Waals surface area (Å²) in [6, 6.07) is 7.79. The van der Waals surface area contributed by atoms with Gasteiger partial charge in [-0.25, -0.2) is 5.84 Å². The number of benzene rings is 1. The number of nitrogens with one attached hydrogen (secondary N) is 1. The molecule has 0 aliphatic rings. The van der Waals surface area contributed by atoms with Crippen LogP contribution >= 0.6 is 0 Å². The first-order valence-electron chi connectivity index (χ1n) is 7.07. The minimum atomic E-state index is -1.67. The number of nitrogens with zero attached hydrogens (tertiary/aromatic N) is 2. The van der Waals surface area contributed by atoms with Crippen LogP contribution in [0.5, 0.6) is 0 Å². The average molecular weight is 342 g/mol. The summed E-state index contributed by atoms with van der Waals surface area (Å²) in [5, 5.41) is 61.8. The standard InChI is InChI=1S/C8H8N4.C6H14O6/c9-11-8-7-4-2-1-3-6(7)5-10-12-8;7-1-3(9)5(11)6(12)4(10)2-8/h1-5H,9H2,(H,11,12);3-12H,1-2H2/t;3-,4-,5-,6-/m.1/s1. The van der Waals surface area contributed by atoms with E-state index in [1.54, 1.807) is 6.20 Å². The number of aromatic nitrogens is 2. The second-order valence-corrected chi connectivity index (χ2v) is 4.91. The van der Waals surface area contributed by atoms with Gasteiger partial charge in [0.2, 0.25) is 0 Å². The van der Waals surface area contributed by atoms with E-state index < -0.39 is 37.6 Å². The Morgan fingerprint density at radius 1 is 0.958 bits per heavy atom. The predicted octanol–water partition coefficient (Wildman–Crippen LogP) is -2.67. The normalized spacial score (nSPS) is 15.8. The van der Waals surface area contributed by atoms with Crippen LogP contribution in [-0.2, 0) is 0 Å². The number of nitrogens with two attached hydrogens (primary N) is 1. The molecule has 2 aromatic rings. The average Bonchev–Trinajstić information content (AvgIpc) is 2.65. The molecule has 2 rings (SSSR count). The smallest absolute Gasteiger partial charge is 0.170 e. The van der Waals surface area contributed by atoms with Crippen molar-refractivity contribution in [3.8, 4) is 0 Å². The highest BCUT2D eigenvalue weighted by Gasteiger charge is 2.29. The quantitative estimate of drug-likeness (QED) is 0.203. The summed E-state index contributed by atoms with van der Waals surface area (Å²) in [7, 11) is 0. The molecular weight excluding hydrogens is 320 g/mol. The summed E-state index contributed by atoms with van der Waals surface area (Å²) in [6.45, 7) is -1.45. The van der Waals surface area contributed by atoms with Crippen molar-refractivity contribution in [2.45, 2.75) is 24.4 Å². The Labute approximate surface area is 137 Å². The molecule has 0 aliphatic heterocycles. The molecule has 1 aromatic carbocycles. The van der Waals surface area contributed by atoms with Gasteiger partial charge in [-0.05, 0) is 0 Å². The van der Waals surface area contributed by atoms with Crippen molar-refractivity contribution in [2.24, 2.45) is 5.84 Å². The highest BCUT2D eigenvalue weighted by atomic mass is 16.4. The SMILES string of the molecule is NNc1nncc2ccccc12.OC[C@@H](O)[C@@H](O)[C@H](O)[C@H](O)CO. The van der Waals surface area contributed by atoms with Gasteiger partial charge in [-0.3, -0.25) is 0 Å². The van der Waals surface area contributed by atoms with E-state index in [-0.39, 0.29) is 0 Å². The van der Waals surface area contributed by atoms with E-state index in [4.69, 9.17) is 36.5 Å². The van der Waals surface area contributed by atoms with Gasteiger partial charge in [-0.1, -0.05) is 24.3 Å². The molecule has 0 amide bonds. The van der Waals surface area contributed by atoms with Crippen LogP contribution in [0.15, 0.2) is 30.5 Å². The molecule has 10 heteroatoms. The Bertz CT molecular complexity index is 597. The highest BCUT2D eigenvalue weighted by Crippen LogP contribution is 2.17. The molecule has 0 bridgehead atoms. The van der Waals surface area contributed by atoms with Gasteiger partial charge in [-0.15, -0.1) is 5.10 Å². The first-order valence-corrected chi connectivity index (χ1v) is 7.07. The molecule has 0 aliphatic carbocycles. The number of anilines is 1. The van der Waals surface area contributed by atoms with Gasteiger partial charge in [0.05, 0.1) is 19.4 Å². The Morgan fingerprint density at radius 2 is 1.50 bits per heavy atom. The van der Waals surface area contributed by atoms with Crippen LogP contribution in [0, 0.1) is 0 Å². The lowest BCUT2D eigenvalue weighted by Gasteiger charge is -2.24. The molecule has 0 saturated heterocycles. The summed E-state index contributed by atoms with van der Waals surface area (Å²) in [6.07, 6.45) is -4.69. The van der Waals surface area contributed by atoms with E-state index in [1.165, 1.54) is 0 Å². The van der Waals surface area contributed by atoms with Crippen LogP contribution < -0.4 is 11.3 Å². The molecule has 4 atom stereocenters. The molecule has 1 heterocycles. The Kier molecular flexibility index (Phi) is 8.43. The van der Waals surface area contributed by atoms with Gasteiger partial charge in [0, 0.05) is 10.8 Å². The number of nitrogen functional groups attached to an aromatic ring is 1. The fraction of sp³-hybridized carbons (Fsp3) is 0.429. The molecule has 0 fully saturated rings. The Hall–Kier alpha value is -1.92. The van der Waals surface area contributed by atoms with Crippen LogP contribution in [0.3, 0.4) is 0 Å². The number of aliphatic hydroxyl groups is 6. The van der Waals surface area contributed by atoms with E-state index in [2.05, 4.69) is 15.6 Å². The molecule has 0 saturated carbocycles. The third-order valence-corrected chi connectivity index (χ3v) is 3.22. The molecule has 9 N–H and O–H groups in total. The van der Waals surface area contributed by atoms with Crippen LogP contribution in [0.25, 0.3) is 10.8 Å². The van der Waals surface area contributed by atoms with E-state index in [0.29, 0.717) is 5.82 Å². The number of rotatable bonds is 6. The highest BCUT2D eigenvalue weighted by molar-refractivity contribution is 5.90. The topological polar surface area (TPSA) is 185 Å². The zero-order valence-corrected chi connectivity index (χ0v) is 12.8. The lowest BCUT2D eigenvalue weighted by Crippen LogP contribution is -2.46. The van der Waals surface area contributed by atoms with Crippen LogP contribution in [0.1, 0.15) is 0 Å². The number of hydrazine groups is 1. The van der Waals surface area contributed by atoms with Crippen molar-refractivity contribution < 1.29 is 30.6 Å². The van der Waals surface area contributed by atoms with Crippen LogP contribution in [0.2, 0.25) is 0 Å². The maximum Gasteiger partial charge on any atom is 0.170 e. The minimum absolute atomic E-state index is 0.605. The maximum absolute atomic E-state index is 8.96. The van der Waals surface area contributed by atoms with E-state index in [9.17, 15) is 0 Å². The summed E-state index contributed by atoms with van der Waals surface area (Å²) in [4.78, 5) is 0. The monoisotopic (exact) mass is 342 g/mol. The lowest BCUT2D eigenvalue weighted by molar-refractivity contribution is -0.123. The number of hydrogen-bond donors (Lipinski definition) is 8. The van der Waals surface area contributed by atoms with Gasteiger partial charge < -0.3 is 36.1 Å². The van der Waals surface area contributed by atoms with Crippen LogP contribution in [0.4, 0.5) is 5.82 Å². The third-order valence-electron chi connectivity index (χ3n) is 3.22. The summed E-state index contributed by atoms with van der Waals surface area (Å²) in [5.74, 6) is 5.87. The van der Waals surface area contributed by atoms with Crippen molar-refractivity contribution >= 4 is 16.6 Å². The number of fused-ring (bicyclic) bond motifs is 1. The fourth-order valence-corrected chi connectivity index (χ4v) is 1.81. The van der Waals surface area contributed by atoms with Crippen LogP contribution in [-0.4, -0.2) is 78.5 Å². The van der Waals surface area contributed by atoms with Gasteiger partial charge in [0.1, 0.15) is 24.4 Å². The summed E-state index contributed by atoms with van der Waals surface area (Å²) >= 11 is 0. The molecule has 0 spiro atoms. The molecule has 24 heavy (non-hydrogen) atoms. The lowest BCUT2D eigenvalue weighted by atomic mass is 10.0. The second kappa shape index (κ2) is 10.1. The van der Waals surface area contributed by atoms with Gasteiger partial charge in [-0.2, -0.15) is 5.10 Å². The van der Waals surface area contributed by atoms with Gasteiger partial charge in [0.25, 0.3) is 0 Å². The second-order valence-electron chi connectivity index (χ2n) is 4.91. The largest absolute Gasteiger partial charge is 0.394 e. The number of hydrogen-bond acceptors (Lipinski definition) is 10. The first-order chi connectivity index (χ1) is 11.5. The Morgan fingerprint density at radius 3 is 2.00 bits per heavy atom. The zero-order valence-electron chi connectivity index (χ0n) is 12.8. The van der Waals surface area contributed by atoms with Gasteiger partial charge in [0.15, 0.2) is 5.82 Å². The molecule has 0 radical (unpaired) electrons. The molecule has 10 nitrogen and oxygen atoms in total. The van der Waals surface area contributed by atoms with Crippen molar-refractivity contribution in [2.75, 3.05) is 18.6 Å². The molecule has 1 aromatic heterocycles. The maximum atomic E-state index is 8.96. The molecule has 134 valence electrons. The van der Waals surface area contributed by atoms with E-state index in [0.717, 1.165) is 10.8 Å². The third kappa shape index (κ3) is 5.32. The molecular formula is C14H22N4O6. The summed E-state index contributed by atoms with van der Waals surface area (Å²) in [5.41, 5.74) is 2.50. The summed E-state index contributed by atoms with van der Waals surface area (Å²) < 4.78 is 0. The fourth-order valence-electron chi connectivity index (χ4n) is 1.81. The molecule has 0 unspecified atom stereocenters. The number of aliphatic hydroxyl groups excluding tert-OH is 6. The van der Waals surface area contributed by atoms with Gasteiger partial charge >= 0.3 is 0 Å². The minimum Gasteiger partial charge on any atom is -0.394 e. The van der Waals surface area contributed by atoms with Crippen molar-refractivity contribution in [3.05, 3.63) is 30.5 Å². The van der Waals surface area contributed by atoms with Crippen molar-refractivity contribution in [1.82, 2.24) is 10.2 Å². The first kappa shape index (κ1) is 20.1. The van der Waals surface area contributed by atoms with Crippen molar-refractivity contribution in [1.29, 1.82) is 0 Å². The van der Waals surface area contributed by atoms with E-state index in [1.807, 2.05) is 24.3 Å². The predicted molar refractivity (Wildman–Crippen MR) is 85.5 cm³/mol. The van der Waals surface area contributed by atoms with E-state index >= 15 is 0 Å².